The summed E-state index contributed by atoms with van der Waals surface area (Å²) in [4.78, 5) is 66.8. The van der Waals surface area contributed by atoms with Crippen molar-refractivity contribution >= 4 is 24.2 Å². The van der Waals surface area contributed by atoms with Gasteiger partial charge in [0, 0.05) is 0 Å². The van der Waals surface area contributed by atoms with Crippen molar-refractivity contribution in [2.45, 2.75) is 77.4 Å². The molecule has 0 aromatic heterocycles. The highest BCUT2D eigenvalue weighted by Gasteiger charge is 2.41. The topological polar surface area (TPSA) is 142 Å². The van der Waals surface area contributed by atoms with Crippen LogP contribution in [0, 0.1) is 17.3 Å². The maximum atomic E-state index is 12.1. The van der Waals surface area contributed by atoms with E-state index in [0.29, 0.717) is 49.0 Å². The second-order valence-corrected chi connectivity index (χ2v) is 11.9. The van der Waals surface area contributed by atoms with Crippen LogP contribution in [0.3, 0.4) is 0 Å². The molecule has 244 valence electrons. The Hall–Kier alpha value is -4.48. The van der Waals surface area contributed by atoms with Crippen molar-refractivity contribution in [3.8, 4) is 11.5 Å². The van der Waals surface area contributed by atoms with E-state index in [0.717, 1.165) is 25.7 Å². The number of methoxy groups -OCH3 is 2. The molecular formula is C33H40O12. The first-order chi connectivity index (χ1) is 21.6. The van der Waals surface area contributed by atoms with Crippen LogP contribution in [0.15, 0.2) is 48.5 Å². The van der Waals surface area contributed by atoms with Crippen LogP contribution in [0.4, 0.5) is 9.59 Å². The molecular weight excluding hydrogens is 588 g/mol. The minimum atomic E-state index is -1.05. The fourth-order valence-electron chi connectivity index (χ4n) is 6.19. The second-order valence-electron chi connectivity index (χ2n) is 11.9. The third-order valence-electron chi connectivity index (χ3n) is 9.00. The highest BCUT2D eigenvalue weighted by molar-refractivity contribution is 5.90. The molecule has 0 atom stereocenters. The zero-order chi connectivity index (χ0) is 32.4. The summed E-state index contributed by atoms with van der Waals surface area (Å²) in [5, 5.41) is 0. The first-order valence-corrected chi connectivity index (χ1v) is 15.1. The first kappa shape index (κ1) is 33.4. The van der Waals surface area contributed by atoms with Crippen LogP contribution in [0.1, 0.15) is 85.9 Å². The van der Waals surface area contributed by atoms with Crippen molar-refractivity contribution < 1.29 is 57.7 Å². The van der Waals surface area contributed by atoms with E-state index in [1.807, 2.05) is 0 Å². The Labute approximate surface area is 262 Å². The molecule has 2 saturated carbocycles. The van der Waals surface area contributed by atoms with Gasteiger partial charge in [0.25, 0.3) is 0 Å². The smallest absolute Gasteiger partial charge is 0.497 e. The lowest BCUT2D eigenvalue weighted by Gasteiger charge is -2.46. The van der Waals surface area contributed by atoms with E-state index in [1.54, 1.807) is 24.3 Å². The Morgan fingerprint density at radius 2 is 0.867 bits per heavy atom. The van der Waals surface area contributed by atoms with Gasteiger partial charge in [-0.1, -0.05) is 13.8 Å². The Morgan fingerprint density at radius 3 is 1.18 bits per heavy atom. The molecule has 45 heavy (non-hydrogen) atoms. The number of ether oxygens (including phenoxy) is 4. The van der Waals surface area contributed by atoms with E-state index in [-0.39, 0.29) is 28.7 Å². The fourth-order valence-corrected chi connectivity index (χ4v) is 6.19. The molecule has 2 aromatic carbocycles. The number of rotatable bonds is 8. The zero-order valence-electron chi connectivity index (χ0n) is 26.0. The first-order valence-electron chi connectivity index (χ1n) is 15.1. The van der Waals surface area contributed by atoms with Gasteiger partial charge in [0.2, 0.25) is 0 Å². The quantitative estimate of drug-likeness (QED) is 0.169. The summed E-state index contributed by atoms with van der Waals surface area (Å²) in [7, 11) is 3.03. The van der Waals surface area contributed by atoms with E-state index < -0.39 is 24.2 Å². The molecule has 0 heterocycles. The monoisotopic (exact) mass is 628 g/mol. The van der Waals surface area contributed by atoms with Crippen molar-refractivity contribution in [3.05, 3.63) is 59.7 Å². The number of hydrogen-bond donors (Lipinski definition) is 0. The molecule has 0 saturated heterocycles. The van der Waals surface area contributed by atoms with Crippen LogP contribution in [0.25, 0.3) is 0 Å². The molecule has 0 N–H and O–H groups in total. The predicted molar refractivity (Wildman–Crippen MR) is 157 cm³/mol. The predicted octanol–water partition coefficient (Wildman–Crippen LogP) is 7.00. The normalized spacial score (nSPS) is 21.4. The van der Waals surface area contributed by atoms with Crippen molar-refractivity contribution in [1.29, 1.82) is 0 Å². The van der Waals surface area contributed by atoms with Crippen molar-refractivity contribution in [2.75, 3.05) is 14.2 Å². The molecule has 0 radical (unpaired) electrons. The van der Waals surface area contributed by atoms with Crippen molar-refractivity contribution in [2.24, 2.45) is 17.3 Å². The lowest BCUT2D eigenvalue weighted by molar-refractivity contribution is -0.209. The van der Waals surface area contributed by atoms with Crippen molar-refractivity contribution in [3.63, 3.8) is 0 Å². The van der Waals surface area contributed by atoms with Gasteiger partial charge in [-0.3, -0.25) is 0 Å². The van der Waals surface area contributed by atoms with Crippen LogP contribution < -0.4 is 9.47 Å². The third-order valence-corrected chi connectivity index (χ3v) is 9.00. The van der Waals surface area contributed by atoms with Crippen molar-refractivity contribution in [1.82, 2.24) is 0 Å². The highest BCUT2D eigenvalue weighted by Crippen LogP contribution is 2.49. The van der Waals surface area contributed by atoms with Gasteiger partial charge in [0.15, 0.2) is 0 Å². The summed E-state index contributed by atoms with van der Waals surface area (Å²) < 4.78 is 20.9. The van der Waals surface area contributed by atoms with Gasteiger partial charge >= 0.3 is 24.2 Å². The molecule has 2 aliphatic carbocycles. The fraction of sp³-hybridized carbons (Fsp3) is 0.515. The SMILES string of the molecule is COc1ccc(C(=O)OOC(=O)OC2CCC(C(C)(C)C3CCC(OC(=O)OOC(=O)c4ccc(OC)cc4)CC3)CC2)cc1. The Balaban J connectivity index is 1.12. The Kier molecular flexibility index (Phi) is 11.5. The van der Waals surface area contributed by atoms with E-state index >= 15 is 0 Å². The lowest BCUT2D eigenvalue weighted by Crippen LogP contribution is -2.39. The molecule has 0 amide bonds. The van der Waals surface area contributed by atoms with Crippen LogP contribution in [-0.2, 0) is 29.0 Å². The largest absolute Gasteiger partial charge is 0.550 e. The van der Waals surface area contributed by atoms with Gasteiger partial charge in [-0.25, -0.2) is 29.1 Å². The summed E-state index contributed by atoms with van der Waals surface area (Å²) in [5.74, 6) is 0.377. The van der Waals surface area contributed by atoms with E-state index in [2.05, 4.69) is 33.4 Å². The molecule has 12 nitrogen and oxygen atoms in total. The minimum absolute atomic E-state index is 0.0265. The van der Waals surface area contributed by atoms with Gasteiger partial charge in [-0.2, -0.15) is 9.59 Å². The molecule has 0 spiro atoms. The molecule has 2 fully saturated rings. The lowest BCUT2D eigenvalue weighted by atomic mass is 9.60. The summed E-state index contributed by atoms with van der Waals surface area (Å²) in [6.45, 7) is 4.54. The van der Waals surface area contributed by atoms with Crippen LogP contribution in [-0.4, -0.2) is 50.7 Å². The maximum Gasteiger partial charge on any atom is 0.550 e. The Bertz CT molecular complexity index is 1190. The molecule has 0 unspecified atom stereocenters. The molecule has 4 rings (SSSR count). The summed E-state index contributed by atoms with van der Waals surface area (Å²) in [6, 6.07) is 12.4. The van der Waals surface area contributed by atoms with Crippen LogP contribution >= 0.6 is 0 Å². The molecule has 2 aliphatic rings. The van der Waals surface area contributed by atoms with Gasteiger partial charge in [0.05, 0.1) is 25.3 Å². The molecule has 0 aliphatic heterocycles. The van der Waals surface area contributed by atoms with Crippen LogP contribution in [0.2, 0.25) is 0 Å². The van der Waals surface area contributed by atoms with E-state index in [4.69, 9.17) is 18.9 Å². The molecule has 0 bridgehead atoms. The van der Waals surface area contributed by atoms with E-state index in [9.17, 15) is 19.2 Å². The maximum absolute atomic E-state index is 12.1. The number of benzene rings is 2. The van der Waals surface area contributed by atoms with Gasteiger partial charge < -0.3 is 18.9 Å². The number of hydrogen-bond acceptors (Lipinski definition) is 12. The highest BCUT2D eigenvalue weighted by atomic mass is 17.2. The average Bonchev–Trinajstić information content (AvgIpc) is 3.06. The molecule has 2 aromatic rings. The Morgan fingerprint density at radius 1 is 0.533 bits per heavy atom. The number of carbonyl (C=O) groups is 4. The zero-order valence-corrected chi connectivity index (χ0v) is 26.0. The molecule has 12 heteroatoms. The summed E-state index contributed by atoms with van der Waals surface area (Å²) in [6.07, 6.45) is 3.46. The summed E-state index contributed by atoms with van der Waals surface area (Å²) >= 11 is 0. The van der Waals surface area contributed by atoms with Gasteiger partial charge in [-0.05, 0) is 117 Å². The van der Waals surface area contributed by atoms with Gasteiger partial charge in [0.1, 0.15) is 23.7 Å². The summed E-state index contributed by atoms with van der Waals surface area (Å²) in [5.41, 5.74) is 0.440. The second kappa shape index (κ2) is 15.5. The number of carbonyl (C=O) groups excluding carboxylic acids is 4. The van der Waals surface area contributed by atoms with Crippen LogP contribution in [0.5, 0.6) is 11.5 Å². The standard InChI is InChI=1S/C33H40O12/c1-33(2,23-9-17-27(18-10-23)40-31(36)44-42-29(34)21-5-13-25(38-3)14-6-21)24-11-19-28(20-12-24)41-32(37)45-43-30(35)22-7-15-26(39-4)16-8-22/h5-8,13-16,23-24,27-28H,9-12,17-20H2,1-4H3. The van der Waals surface area contributed by atoms with Gasteiger partial charge in [-0.15, -0.1) is 0 Å². The third kappa shape index (κ3) is 9.26. The van der Waals surface area contributed by atoms with E-state index in [1.165, 1.54) is 38.5 Å². The minimum Gasteiger partial charge on any atom is -0.497 e. The average molecular weight is 629 g/mol.